The number of nitrogens with two attached hydrogens (primary N) is 2. The molecule has 0 saturated heterocycles. The van der Waals surface area contributed by atoms with Crippen LogP contribution in [0, 0.1) is 5.92 Å². The molecule has 0 spiro atoms. The Balaban J connectivity index is 3.04. The van der Waals surface area contributed by atoms with E-state index in [9.17, 15) is 39.3 Å². The maximum absolute atomic E-state index is 13.0. The molecule has 13 heteroatoms. The molecule has 0 heterocycles. The van der Waals surface area contributed by atoms with Gasteiger partial charge in [-0.25, -0.2) is 4.79 Å². The fraction of sp³-hybridized carbons (Fsp3) is 0.542. The van der Waals surface area contributed by atoms with Gasteiger partial charge in [-0.05, 0) is 37.0 Å². The van der Waals surface area contributed by atoms with E-state index in [0.717, 1.165) is 0 Å². The van der Waals surface area contributed by atoms with Crippen molar-refractivity contribution in [2.24, 2.45) is 17.4 Å². The molecule has 13 nitrogen and oxygen atoms in total. The first-order chi connectivity index (χ1) is 17.3. The molecule has 0 bridgehead atoms. The van der Waals surface area contributed by atoms with Crippen LogP contribution >= 0.6 is 0 Å². The second kappa shape index (κ2) is 14.8. The number of nitrogens with one attached hydrogen (secondary N) is 3. The van der Waals surface area contributed by atoms with Crippen LogP contribution in [0.1, 0.15) is 45.6 Å². The molecule has 0 saturated carbocycles. The van der Waals surface area contributed by atoms with Crippen LogP contribution in [0.15, 0.2) is 24.3 Å². The zero-order valence-electron chi connectivity index (χ0n) is 21.1. The second-order valence-corrected chi connectivity index (χ2v) is 8.97. The van der Waals surface area contributed by atoms with Crippen molar-refractivity contribution in [2.45, 2.75) is 76.7 Å². The summed E-state index contributed by atoms with van der Waals surface area (Å²) in [4.78, 5) is 61.4. The first-order valence-electron chi connectivity index (χ1n) is 11.9. The van der Waals surface area contributed by atoms with Crippen LogP contribution in [0.2, 0.25) is 0 Å². The van der Waals surface area contributed by atoms with Gasteiger partial charge in [0.2, 0.25) is 23.6 Å². The third-order valence-electron chi connectivity index (χ3n) is 5.93. The van der Waals surface area contributed by atoms with Crippen molar-refractivity contribution < 1.29 is 39.3 Å². The van der Waals surface area contributed by atoms with E-state index in [1.165, 1.54) is 31.2 Å². The van der Waals surface area contributed by atoms with Crippen LogP contribution in [0.3, 0.4) is 0 Å². The first kappa shape index (κ1) is 31.3. The molecule has 6 unspecified atom stereocenters. The smallest absolute Gasteiger partial charge is 0.326 e. The zero-order valence-corrected chi connectivity index (χ0v) is 21.1. The van der Waals surface area contributed by atoms with Gasteiger partial charge in [0.1, 0.15) is 23.9 Å². The summed E-state index contributed by atoms with van der Waals surface area (Å²) >= 11 is 0. The van der Waals surface area contributed by atoms with Crippen molar-refractivity contribution in [3.8, 4) is 5.75 Å². The number of aliphatic hydroxyl groups is 1. The molecule has 1 rings (SSSR count). The molecule has 0 aromatic heterocycles. The lowest BCUT2D eigenvalue weighted by molar-refractivity contribution is -0.142. The molecule has 0 aliphatic rings. The average Bonchev–Trinajstić information content (AvgIpc) is 2.83. The quantitative estimate of drug-likeness (QED) is 0.133. The predicted octanol–water partition coefficient (Wildman–Crippen LogP) is -1.51. The van der Waals surface area contributed by atoms with E-state index < -0.39 is 59.9 Å². The number of phenols is 1. The number of hydrogen-bond donors (Lipinski definition) is 8. The number of carbonyl (C=O) groups is 5. The van der Waals surface area contributed by atoms with Gasteiger partial charge in [0, 0.05) is 12.8 Å². The highest BCUT2D eigenvalue weighted by Crippen LogP contribution is 2.12. The van der Waals surface area contributed by atoms with Gasteiger partial charge in [-0.1, -0.05) is 32.4 Å². The van der Waals surface area contributed by atoms with Gasteiger partial charge in [-0.15, -0.1) is 0 Å². The van der Waals surface area contributed by atoms with Crippen LogP contribution in [0.25, 0.3) is 0 Å². The SMILES string of the molecule is CCC(C)C(N)C(=O)NC(C(=O)NC(CCC(N)=O)C(=O)NC(Cc1ccc(O)cc1)C(=O)O)C(C)O. The molecule has 1 aromatic rings. The van der Waals surface area contributed by atoms with Crippen molar-refractivity contribution in [1.82, 2.24) is 16.0 Å². The van der Waals surface area contributed by atoms with E-state index in [1.807, 2.05) is 6.92 Å². The lowest BCUT2D eigenvalue weighted by atomic mass is 9.98. The molecule has 0 aliphatic carbocycles. The van der Waals surface area contributed by atoms with E-state index in [0.29, 0.717) is 12.0 Å². The molecule has 0 radical (unpaired) electrons. The molecule has 1 aromatic carbocycles. The lowest BCUT2D eigenvalue weighted by Gasteiger charge is -2.27. The van der Waals surface area contributed by atoms with Gasteiger partial charge in [-0.2, -0.15) is 0 Å². The van der Waals surface area contributed by atoms with E-state index in [-0.39, 0.29) is 30.9 Å². The number of carboxylic acids is 1. The molecule has 10 N–H and O–H groups in total. The number of phenolic OH excluding ortho intramolecular Hbond substituents is 1. The number of primary amides is 1. The van der Waals surface area contributed by atoms with Gasteiger partial charge in [0.15, 0.2) is 0 Å². The Labute approximate surface area is 215 Å². The Hall–Kier alpha value is -3.71. The topological polar surface area (TPSA) is 234 Å². The Morgan fingerprint density at radius 1 is 0.919 bits per heavy atom. The van der Waals surface area contributed by atoms with E-state index in [2.05, 4.69) is 16.0 Å². The fourth-order valence-corrected chi connectivity index (χ4v) is 3.32. The summed E-state index contributed by atoms with van der Waals surface area (Å²) in [5.41, 5.74) is 11.6. The largest absolute Gasteiger partial charge is 0.508 e. The number of aliphatic carboxylic acids is 1. The van der Waals surface area contributed by atoms with Crippen LogP contribution in [0.4, 0.5) is 0 Å². The highest BCUT2D eigenvalue weighted by Gasteiger charge is 2.33. The molecule has 6 atom stereocenters. The summed E-state index contributed by atoms with van der Waals surface area (Å²) in [5, 5.41) is 36.1. The van der Waals surface area contributed by atoms with E-state index >= 15 is 0 Å². The van der Waals surface area contributed by atoms with Crippen LogP contribution < -0.4 is 27.4 Å². The predicted molar refractivity (Wildman–Crippen MR) is 133 cm³/mol. The van der Waals surface area contributed by atoms with Gasteiger partial charge in [0.25, 0.3) is 0 Å². The third kappa shape index (κ3) is 10.4. The van der Waals surface area contributed by atoms with Crippen LogP contribution in [-0.4, -0.2) is 75.2 Å². The standard InChI is InChI=1S/C24H37N5O8/c1-4-12(2)19(26)22(34)29-20(13(3)30)23(35)27-16(9-10-18(25)32)21(33)28-17(24(36)37)11-14-5-7-15(31)8-6-14/h5-8,12-13,16-17,19-20,30-31H,4,9-11,26H2,1-3H3,(H2,25,32)(H,27,35)(H,28,33)(H,29,34)(H,36,37). The number of aromatic hydroxyl groups is 1. The Kier molecular flexibility index (Phi) is 12.5. The molecule has 0 fully saturated rings. The second-order valence-electron chi connectivity index (χ2n) is 8.97. The van der Waals surface area contributed by atoms with Gasteiger partial charge >= 0.3 is 5.97 Å². The Morgan fingerprint density at radius 2 is 1.49 bits per heavy atom. The summed E-state index contributed by atoms with van der Waals surface area (Å²) < 4.78 is 0. The number of hydrogen-bond acceptors (Lipinski definition) is 8. The number of amides is 4. The highest BCUT2D eigenvalue weighted by molar-refractivity contribution is 5.94. The summed E-state index contributed by atoms with van der Waals surface area (Å²) in [6.45, 7) is 4.85. The highest BCUT2D eigenvalue weighted by atomic mass is 16.4. The average molecular weight is 524 g/mol. The van der Waals surface area contributed by atoms with E-state index in [1.54, 1.807) is 6.92 Å². The molecular formula is C24H37N5O8. The maximum atomic E-state index is 13.0. The fourth-order valence-electron chi connectivity index (χ4n) is 3.32. The monoisotopic (exact) mass is 523 g/mol. The summed E-state index contributed by atoms with van der Waals surface area (Å²) in [6, 6.07) is 0.498. The summed E-state index contributed by atoms with van der Waals surface area (Å²) in [7, 11) is 0. The lowest BCUT2D eigenvalue weighted by Crippen LogP contribution is -2.60. The van der Waals surface area contributed by atoms with Crippen molar-refractivity contribution in [3.05, 3.63) is 29.8 Å². The first-order valence-corrected chi connectivity index (χ1v) is 11.9. The third-order valence-corrected chi connectivity index (χ3v) is 5.93. The normalized spacial score (nSPS) is 15.8. The summed E-state index contributed by atoms with van der Waals surface area (Å²) in [5.74, 6) is -4.84. The minimum Gasteiger partial charge on any atom is -0.508 e. The molecule has 37 heavy (non-hydrogen) atoms. The molecule has 206 valence electrons. The number of rotatable bonds is 15. The number of carboxylic acid groups (broad SMARTS) is 1. The van der Waals surface area contributed by atoms with Crippen molar-refractivity contribution in [2.75, 3.05) is 0 Å². The Bertz CT molecular complexity index is 953. The Morgan fingerprint density at radius 3 is 1.97 bits per heavy atom. The molecule has 4 amide bonds. The molecular weight excluding hydrogens is 486 g/mol. The van der Waals surface area contributed by atoms with Crippen molar-refractivity contribution in [1.29, 1.82) is 0 Å². The summed E-state index contributed by atoms with van der Waals surface area (Å²) in [6.07, 6.45) is -1.46. The van der Waals surface area contributed by atoms with E-state index in [4.69, 9.17) is 11.5 Å². The van der Waals surface area contributed by atoms with Crippen LogP contribution in [0.5, 0.6) is 5.75 Å². The van der Waals surface area contributed by atoms with Gasteiger partial charge < -0.3 is 42.7 Å². The maximum Gasteiger partial charge on any atom is 0.326 e. The van der Waals surface area contributed by atoms with Crippen LogP contribution in [-0.2, 0) is 30.4 Å². The van der Waals surface area contributed by atoms with Gasteiger partial charge in [-0.3, -0.25) is 19.2 Å². The van der Waals surface area contributed by atoms with Crippen molar-refractivity contribution in [3.63, 3.8) is 0 Å². The van der Waals surface area contributed by atoms with Crippen molar-refractivity contribution >= 4 is 29.6 Å². The number of benzene rings is 1. The van der Waals surface area contributed by atoms with Gasteiger partial charge in [0.05, 0.1) is 12.1 Å². The molecule has 0 aliphatic heterocycles. The number of carbonyl (C=O) groups excluding carboxylic acids is 4. The number of aliphatic hydroxyl groups excluding tert-OH is 1. The minimum atomic E-state index is -1.47. The zero-order chi connectivity index (χ0) is 28.3. The minimum absolute atomic E-state index is 0.0150.